The predicted molar refractivity (Wildman–Crippen MR) is 134 cm³/mol. The van der Waals surface area contributed by atoms with Crippen LogP contribution >= 0.6 is 0 Å². The Labute approximate surface area is 189 Å². The number of ether oxygens (including phenoxy) is 1. The molecular formula is C26H29N5O. The largest absolute Gasteiger partial charge is 0.497 e. The number of allylic oxidation sites excluding steroid dienone is 5. The van der Waals surface area contributed by atoms with Gasteiger partial charge in [-0.05, 0) is 73.7 Å². The Balaban J connectivity index is 1.92. The zero-order chi connectivity index (χ0) is 22.7. The minimum absolute atomic E-state index is 0.659. The van der Waals surface area contributed by atoms with Gasteiger partial charge in [-0.3, -0.25) is 0 Å². The van der Waals surface area contributed by atoms with Gasteiger partial charge in [0.25, 0.3) is 0 Å². The molecule has 164 valence electrons. The van der Waals surface area contributed by atoms with E-state index >= 15 is 0 Å². The van der Waals surface area contributed by atoms with Gasteiger partial charge in [-0.25, -0.2) is 9.97 Å². The van der Waals surface area contributed by atoms with E-state index in [0.29, 0.717) is 5.82 Å². The number of benzene rings is 2. The number of hydrogen-bond donors (Lipinski definition) is 1. The molecule has 4 rings (SSSR count). The minimum atomic E-state index is 0.659. The number of hydrogen-bond acceptors (Lipinski definition) is 6. The molecule has 0 atom stereocenters. The maximum atomic E-state index is 5.57. The van der Waals surface area contributed by atoms with Crippen LogP contribution in [0.3, 0.4) is 0 Å². The molecule has 6 nitrogen and oxygen atoms in total. The molecule has 0 saturated heterocycles. The molecule has 6 heteroatoms. The van der Waals surface area contributed by atoms with E-state index in [4.69, 9.17) is 20.4 Å². The van der Waals surface area contributed by atoms with Gasteiger partial charge in [-0.2, -0.15) is 0 Å². The molecule has 0 saturated carbocycles. The molecule has 0 aliphatic carbocycles. The van der Waals surface area contributed by atoms with E-state index < -0.39 is 0 Å². The van der Waals surface area contributed by atoms with Crippen molar-refractivity contribution in [2.45, 2.75) is 13.3 Å². The molecule has 2 N–H and O–H groups in total. The zero-order valence-corrected chi connectivity index (χ0v) is 19.0. The van der Waals surface area contributed by atoms with Crippen molar-refractivity contribution in [3.8, 4) is 5.75 Å². The van der Waals surface area contributed by atoms with E-state index in [1.54, 1.807) is 13.2 Å². The molecule has 32 heavy (non-hydrogen) atoms. The molecule has 0 unspecified atom stereocenters. The second-order valence-electron chi connectivity index (χ2n) is 7.87. The lowest BCUT2D eigenvalue weighted by molar-refractivity contribution is 0.415. The Morgan fingerprint density at radius 1 is 1.16 bits per heavy atom. The summed E-state index contributed by atoms with van der Waals surface area (Å²) in [5.41, 5.74) is 11.1. The Morgan fingerprint density at radius 3 is 2.72 bits per heavy atom. The highest BCUT2D eigenvalue weighted by molar-refractivity contribution is 5.95. The van der Waals surface area contributed by atoms with Crippen LogP contribution < -0.4 is 20.3 Å². The van der Waals surface area contributed by atoms with Gasteiger partial charge in [0.1, 0.15) is 11.6 Å². The van der Waals surface area contributed by atoms with Crippen molar-refractivity contribution in [3.63, 3.8) is 0 Å². The van der Waals surface area contributed by atoms with Gasteiger partial charge < -0.3 is 20.3 Å². The summed E-state index contributed by atoms with van der Waals surface area (Å²) in [7, 11) is 5.81. The fraction of sp³-hybridized carbons (Fsp3) is 0.231. The second-order valence-corrected chi connectivity index (χ2v) is 7.87. The molecule has 1 aliphatic heterocycles. The van der Waals surface area contributed by atoms with Gasteiger partial charge in [-0.1, -0.05) is 12.2 Å². The summed E-state index contributed by atoms with van der Waals surface area (Å²) < 4.78 is 5.50. The number of aromatic nitrogens is 2. The lowest BCUT2D eigenvalue weighted by Gasteiger charge is -2.22. The second kappa shape index (κ2) is 9.14. The Morgan fingerprint density at radius 2 is 2.00 bits per heavy atom. The third-order valence-corrected chi connectivity index (χ3v) is 5.60. The number of methoxy groups -OCH3 is 1. The van der Waals surface area contributed by atoms with Crippen LogP contribution in [0.15, 0.2) is 66.9 Å². The van der Waals surface area contributed by atoms with Gasteiger partial charge in [0.05, 0.1) is 12.6 Å². The normalized spacial score (nSPS) is 14.0. The number of nitrogens with two attached hydrogens (primary N) is 1. The fourth-order valence-corrected chi connectivity index (χ4v) is 3.98. The molecule has 1 aromatic heterocycles. The molecule has 3 aromatic rings. The van der Waals surface area contributed by atoms with Gasteiger partial charge in [0.15, 0.2) is 5.82 Å². The van der Waals surface area contributed by atoms with E-state index in [0.717, 1.165) is 41.0 Å². The molecule has 0 radical (unpaired) electrons. The van der Waals surface area contributed by atoms with Crippen LogP contribution in [-0.2, 0) is 6.42 Å². The molecule has 2 heterocycles. The summed E-state index contributed by atoms with van der Waals surface area (Å²) in [5, 5.41) is 0.965. The van der Waals surface area contributed by atoms with Crippen LogP contribution in [0, 0.1) is 0 Å². The van der Waals surface area contributed by atoms with Crippen LogP contribution in [0.25, 0.3) is 16.5 Å². The summed E-state index contributed by atoms with van der Waals surface area (Å²) in [6.07, 6.45) is 10.2. The zero-order valence-electron chi connectivity index (χ0n) is 19.0. The first-order valence-corrected chi connectivity index (χ1v) is 10.7. The van der Waals surface area contributed by atoms with Crippen molar-refractivity contribution < 1.29 is 4.74 Å². The van der Waals surface area contributed by atoms with Crippen molar-refractivity contribution in [2.75, 3.05) is 37.5 Å². The molecule has 1 aliphatic rings. The Bertz CT molecular complexity index is 1230. The van der Waals surface area contributed by atoms with E-state index in [1.165, 1.54) is 23.1 Å². The van der Waals surface area contributed by atoms with E-state index in [9.17, 15) is 0 Å². The first kappa shape index (κ1) is 21.4. The molecule has 0 fully saturated rings. The van der Waals surface area contributed by atoms with Crippen LogP contribution in [0.2, 0.25) is 0 Å². The summed E-state index contributed by atoms with van der Waals surface area (Å²) in [4.78, 5) is 14.3. The molecule has 0 amide bonds. The van der Waals surface area contributed by atoms with E-state index in [2.05, 4.69) is 42.1 Å². The van der Waals surface area contributed by atoms with Gasteiger partial charge >= 0.3 is 0 Å². The van der Waals surface area contributed by atoms with Crippen molar-refractivity contribution in [2.24, 2.45) is 5.73 Å². The average Bonchev–Trinajstić information content (AvgIpc) is 3.23. The van der Waals surface area contributed by atoms with E-state index in [-0.39, 0.29) is 0 Å². The van der Waals surface area contributed by atoms with Crippen LogP contribution in [0.1, 0.15) is 18.3 Å². The molecule has 2 aromatic carbocycles. The van der Waals surface area contributed by atoms with E-state index in [1.807, 2.05) is 43.4 Å². The highest BCUT2D eigenvalue weighted by atomic mass is 16.5. The maximum absolute atomic E-state index is 5.57. The summed E-state index contributed by atoms with van der Waals surface area (Å²) in [6, 6.07) is 12.5. The highest BCUT2D eigenvalue weighted by Crippen LogP contribution is 2.39. The van der Waals surface area contributed by atoms with Crippen molar-refractivity contribution in [3.05, 3.63) is 78.3 Å². The van der Waals surface area contributed by atoms with Gasteiger partial charge in [0.2, 0.25) is 0 Å². The maximum Gasteiger partial charge on any atom is 0.162 e. The third kappa shape index (κ3) is 4.04. The Hall–Kier alpha value is -3.80. The molecular weight excluding hydrogens is 398 g/mol. The number of nitrogens with zero attached hydrogens (tertiary/aromatic N) is 4. The summed E-state index contributed by atoms with van der Waals surface area (Å²) in [5.74, 6) is 2.33. The monoisotopic (exact) mass is 427 g/mol. The van der Waals surface area contributed by atoms with Gasteiger partial charge in [0, 0.05) is 43.0 Å². The quantitative estimate of drug-likeness (QED) is 0.568. The predicted octanol–water partition coefficient (Wildman–Crippen LogP) is 4.83. The smallest absolute Gasteiger partial charge is 0.162 e. The standard InChI is InChI=1S/C26H29N5O/c1-5-7-18(8-6-14-27)25-28-23-11-10-21(32-4)17-22(23)26(29-25)31-15-13-19-16-20(30(2)3)9-12-24(19)31/h5-12,14,16-17H,13,15,27H2,1-4H3/b7-5+,14-6-,18-8+. The Kier molecular flexibility index (Phi) is 6.12. The highest BCUT2D eigenvalue weighted by Gasteiger charge is 2.25. The lowest BCUT2D eigenvalue weighted by atomic mass is 10.1. The number of rotatable bonds is 6. The van der Waals surface area contributed by atoms with Crippen molar-refractivity contribution in [1.82, 2.24) is 9.97 Å². The summed E-state index contributed by atoms with van der Waals surface area (Å²) in [6.45, 7) is 2.84. The SMILES string of the molecule is C/C=C/C(=C\C=C/N)c1nc(N2CCc3cc(N(C)C)ccc32)c2cc(OC)ccc2n1. The van der Waals surface area contributed by atoms with Crippen molar-refractivity contribution >= 4 is 33.7 Å². The van der Waals surface area contributed by atoms with Crippen LogP contribution in [0.4, 0.5) is 17.2 Å². The molecule has 0 bridgehead atoms. The van der Waals surface area contributed by atoms with Crippen molar-refractivity contribution in [1.29, 1.82) is 0 Å². The van der Waals surface area contributed by atoms with Gasteiger partial charge in [-0.15, -0.1) is 0 Å². The number of anilines is 3. The van der Waals surface area contributed by atoms with Crippen LogP contribution in [-0.4, -0.2) is 37.7 Å². The molecule has 0 spiro atoms. The lowest BCUT2D eigenvalue weighted by Crippen LogP contribution is -2.16. The average molecular weight is 428 g/mol. The minimum Gasteiger partial charge on any atom is -0.497 e. The summed E-state index contributed by atoms with van der Waals surface area (Å²) >= 11 is 0. The third-order valence-electron chi connectivity index (χ3n) is 5.60. The first-order valence-electron chi connectivity index (χ1n) is 10.7. The van der Waals surface area contributed by atoms with Crippen LogP contribution in [0.5, 0.6) is 5.75 Å². The first-order chi connectivity index (χ1) is 15.5. The number of fused-ring (bicyclic) bond motifs is 2. The topological polar surface area (TPSA) is 67.5 Å². The fourth-order valence-electron chi connectivity index (χ4n) is 3.98.